The molecule has 0 spiro atoms. The molecule has 0 aromatic carbocycles. The van der Waals surface area contributed by atoms with Crippen molar-refractivity contribution in [3.8, 4) is 0 Å². The summed E-state index contributed by atoms with van der Waals surface area (Å²) >= 11 is 5.51. The molecule has 5 nitrogen and oxygen atoms in total. The van der Waals surface area contributed by atoms with Crippen LogP contribution in [0.25, 0.3) is 11.2 Å². The maximum atomic E-state index is 5.51. The van der Waals surface area contributed by atoms with Gasteiger partial charge in [-0.15, -0.1) is 0 Å². The molecule has 118 valence electrons. The van der Waals surface area contributed by atoms with Gasteiger partial charge < -0.3 is 14.5 Å². The Morgan fingerprint density at radius 1 is 1.19 bits per heavy atom. The molecule has 1 N–H and O–H groups in total. The van der Waals surface area contributed by atoms with Crippen LogP contribution >= 0.6 is 12.2 Å². The van der Waals surface area contributed by atoms with E-state index in [1.165, 1.54) is 6.42 Å². The number of nitrogens with zero attached hydrogens (tertiary/aromatic N) is 4. The first kappa shape index (κ1) is 16.2. The lowest BCUT2D eigenvalue weighted by Gasteiger charge is -2.19. The molecule has 21 heavy (non-hydrogen) atoms. The van der Waals surface area contributed by atoms with E-state index in [0.29, 0.717) is 0 Å². The first-order chi connectivity index (χ1) is 10.1. The van der Waals surface area contributed by atoms with E-state index in [-0.39, 0.29) is 0 Å². The van der Waals surface area contributed by atoms with E-state index >= 15 is 0 Å². The molecule has 0 saturated heterocycles. The maximum absolute atomic E-state index is 5.51. The third-order valence-electron chi connectivity index (χ3n) is 3.94. The fraction of sp³-hybridized carbons (Fsp3) is 0.733. The van der Waals surface area contributed by atoms with Gasteiger partial charge in [-0.3, -0.25) is 4.68 Å². The first-order valence-electron chi connectivity index (χ1n) is 7.99. The number of hydrogen-bond donors (Lipinski definition) is 1. The number of nitrogens with one attached hydrogen (secondary N) is 1. The minimum absolute atomic E-state index is 0.808. The van der Waals surface area contributed by atoms with Crippen molar-refractivity contribution in [2.75, 3.05) is 19.6 Å². The van der Waals surface area contributed by atoms with Gasteiger partial charge in [0, 0.05) is 20.1 Å². The van der Waals surface area contributed by atoms with Gasteiger partial charge in [-0.2, -0.15) is 5.10 Å². The van der Waals surface area contributed by atoms with Crippen LogP contribution in [-0.4, -0.2) is 43.9 Å². The van der Waals surface area contributed by atoms with Gasteiger partial charge in [0.15, 0.2) is 10.4 Å². The number of aromatic amines is 1. The Morgan fingerprint density at radius 3 is 2.57 bits per heavy atom. The lowest BCUT2D eigenvalue weighted by molar-refractivity contribution is 0.277. The predicted octanol–water partition coefficient (Wildman–Crippen LogP) is 3.12. The lowest BCUT2D eigenvalue weighted by atomic mass is 10.2. The summed E-state index contributed by atoms with van der Waals surface area (Å²) in [5, 5.41) is 4.63. The van der Waals surface area contributed by atoms with Crippen LogP contribution in [-0.2, 0) is 20.0 Å². The zero-order valence-corrected chi connectivity index (χ0v) is 14.5. The molecule has 2 heterocycles. The third-order valence-corrected chi connectivity index (χ3v) is 4.26. The van der Waals surface area contributed by atoms with E-state index in [1.807, 2.05) is 11.7 Å². The number of likely N-dealkylation sites (N-methyl/N-ethyl adjacent to an activating group) is 1. The lowest BCUT2D eigenvalue weighted by Crippen LogP contribution is -2.28. The number of rotatable bonds is 8. The van der Waals surface area contributed by atoms with Crippen LogP contribution in [0.3, 0.4) is 0 Å². The van der Waals surface area contributed by atoms with E-state index in [4.69, 9.17) is 12.2 Å². The fourth-order valence-electron chi connectivity index (χ4n) is 2.88. The summed E-state index contributed by atoms with van der Waals surface area (Å²) in [5.74, 6) is 0. The molecule has 0 aliphatic heterocycles. The van der Waals surface area contributed by atoms with E-state index in [1.54, 1.807) is 0 Å². The molecular weight excluding hydrogens is 282 g/mol. The molecule has 0 saturated carbocycles. The maximum Gasteiger partial charge on any atom is 0.179 e. The van der Waals surface area contributed by atoms with Gasteiger partial charge in [0.05, 0.1) is 5.69 Å². The summed E-state index contributed by atoms with van der Waals surface area (Å²) in [5.41, 5.74) is 3.36. The minimum atomic E-state index is 0.808. The normalized spacial score (nSPS) is 11.9. The van der Waals surface area contributed by atoms with Gasteiger partial charge in [-0.25, -0.2) is 0 Å². The Morgan fingerprint density at radius 2 is 1.95 bits per heavy atom. The van der Waals surface area contributed by atoms with E-state index in [9.17, 15) is 0 Å². The van der Waals surface area contributed by atoms with Gasteiger partial charge in [-0.05, 0) is 38.1 Å². The fourth-order valence-corrected chi connectivity index (χ4v) is 3.16. The third kappa shape index (κ3) is 3.37. The highest BCUT2D eigenvalue weighted by atomic mass is 32.1. The molecule has 0 fully saturated rings. The van der Waals surface area contributed by atoms with Crippen LogP contribution in [0.5, 0.6) is 0 Å². The molecule has 2 aromatic heterocycles. The Kier molecular flexibility index (Phi) is 5.58. The summed E-state index contributed by atoms with van der Waals surface area (Å²) in [4.78, 5) is 5.81. The molecule has 2 rings (SSSR count). The van der Waals surface area contributed by atoms with Crippen LogP contribution in [0.1, 0.15) is 39.3 Å². The zero-order valence-electron chi connectivity index (χ0n) is 13.6. The van der Waals surface area contributed by atoms with E-state index in [0.717, 1.165) is 60.6 Å². The number of hydrogen-bond acceptors (Lipinski definition) is 3. The van der Waals surface area contributed by atoms with Gasteiger partial charge in [0.2, 0.25) is 0 Å². The van der Waals surface area contributed by atoms with Gasteiger partial charge in [0.1, 0.15) is 5.52 Å². The Balaban J connectivity index is 2.27. The summed E-state index contributed by atoms with van der Waals surface area (Å²) in [6.07, 6.45) is 3.27. The highest BCUT2D eigenvalue weighted by Gasteiger charge is 2.15. The Bertz CT molecular complexity index is 636. The highest BCUT2D eigenvalue weighted by molar-refractivity contribution is 7.71. The monoisotopic (exact) mass is 309 g/mol. The topological polar surface area (TPSA) is 41.8 Å². The quantitative estimate of drug-likeness (QED) is 0.762. The first-order valence-corrected chi connectivity index (χ1v) is 8.39. The van der Waals surface area contributed by atoms with E-state index in [2.05, 4.69) is 40.3 Å². The molecule has 2 aromatic rings. The summed E-state index contributed by atoms with van der Waals surface area (Å²) < 4.78 is 4.96. The molecule has 0 unspecified atom stereocenters. The van der Waals surface area contributed by atoms with Crippen molar-refractivity contribution in [2.45, 2.75) is 46.6 Å². The van der Waals surface area contributed by atoms with Crippen LogP contribution < -0.4 is 0 Å². The largest absolute Gasteiger partial charge is 0.328 e. The van der Waals surface area contributed by atoms with Crippen molar-refractivity contribution in [1.82, 2.24) is 24.2 Å². The molecule has 0 aliphatic carbocycles. The second-order valence-electron chi connectivity index (χ2n) is 5.53. The van der Waals surface area contributed by atoms with Crippen molar-refractivity contribution < 1.29 is 0 Å². The van der Waals surface area contributed by atoms with Crippen LogP contribution in [0, 0.1) is 4.77 Å². The molecule has 0 radical (unpaired) electrons. The van der Waals surface area contributed by atoms with Crippen LogP contribution in [0.15, 0.2) is 0 Å². The number of aryl methyl sites for hydroxylation is 2. The van der Waals surface area contributed by atoms with Crippen molar-refractivity contribution in [2.24, 2.45) is 7.05 Å². The van der Waals surface area contributed by atoms with Crippen molar-refractivity contribution >= 4 is 23.4 Å². The van der Waals surface area contributed by atoms with Crippen molar-refractivity contribution in [3.05, 3.63) is 10.5 Å². The van der Waals surface area contributed by atoms with Crippen molar-refractivity contribution in [3.63, 3.8) is 0 Å². The number of imidazole rings is 1. The Labute approximate surface area is 131 Å². The minimum Gasteiger partial charge on any atom is -0.328 e. The predicted molar refractivity (Wildman–Crippen MR) is 90.3 cm³/mol. The second kappa shape index (κ2) is 7.22. The molecule has 6 heteroatoms. The number of aromatic nitrogens is 4. The second-order valence-corrected chi connectivity index (χ2v) is 5.92. The number of H-pyrrole nitrogens is 1. The summed E-state index contributed by atoms with van der Waals surface area (Å²) in [7, 11) is 2.00. The average Bonchev–Trinajstić information content (AvgIpc) is 2.93. The van der Waals surface area contributed by atoms with E-state index < -0.39 is 0 Å². The molecule has 0 atom stereocenters. The van der Waals surface area contributed by atoms with Gasteiger partial charge in [0.25, 0.3) is 0 Å². The van der Waals surface area contributed by atoms with Gasteiger partial charge >= 0.3 is 0 Å². The molecule has 0 bridgehead atoms. The molecule has 0 aliphatic rings. The van der Waals surface area contributed by atoms with Crippen LogP contribution in [0.4, 0.5) is 0 Å². The van der Waals surface area contributed by atoms with Gasteiger partial charge in [-0.1, -0.05) is 27.2 Å². The zero-order chi connectivity index (χ0) is 15.4. The summed E-state index contributed by atoms with van der Waals surface area (Å²) in [6.45, 7) is 10.8. The molecule has 0 amide bonds. The van der Waals surface area contributed by atoms with Crippen LogP contribution in [0.2, 0.25) is 0 Å². The average molecular weight is 309 g/mol. The SMILES string of the molecule is CCCc1nn(C)c2c1[nH]c(=S)n2CCN(CC)CCC. The number of fused-ring (bicyclic) bond motifs is 1. The summed E-state index contributed by atoms with van der Waals surface area (Å²) in [6, 6.07) is 0. The Hall–Kier alpha value is -1.14. The van der Waals surface area contributed by atoms with Crippen molar-refractivity contribution in [1.29, 1.82) is 0 Å². The standard InChI is InChI=1S/C15H27N5S/c1-5-8-12-13-14(18(4)17-12)20(15(21)16-13)11-10-19(7-3)9-6-2/h5-11H2,1-4H3,(H,16,21). The highest BCUT2D eigenvalue weighted by Crippen LogP contribution is 2.19. The smallest absolute Gasteiger partial charge is 0.179 e. The molecular formula is C15H27N5S.